The van der Waals surface area contributed by atoms with Gasteiger partial charge in [-0.05, 0) is 20.8 Å². The molecule has 0 aliphatic rings. The van der Waals surface area contributed by atoms with Crippen molar-refractivity contribution in [3.8, 4) is 0 Å². The van der Waals surface area contributed by atoms with Crippen molar-refractivity contribution in [1.82, 2.24) is 0 Å². The van der Waals surface area contributed by atoms with Crippen LogP contribution in [0.25, 0.3) is 0 Å². The van der Waals surface area contributed by atoms with Crippen molar-refractivity contribution in [1.29, 1.82) is 0 Å². The highest BCUT2D eigenvalue weighted by molar-refractivity contribution is 5.69. The normalized spacial score (nSPS) is 11.8. The first kappa shape index (κ1) is 44.9. The van der Waals surface area contributed by atoms with Crippen molar-refractivity contribution < 1.29 is 70.8 Å². The van der Waals surface area contributed by atoms with Gasteiger partial charge in [0.1, 0.15) is 12.3 Å². The summed E-state index contributed by atoms with van der Waals surface area (Å²) in [4.78, 5) is 11.6. The summed E-state index contributed by atoms with van der Waals surface area (Å²) in [5.41, 5.74) is -0.476. The van der Waals surface area contributed by atoms with E-state index in [4.69, 9.17) is 61.6 Å². The van der Waals surface area contributed by atoms with Gasteiger partial charge in [-0.1, -0.05) is 0 Å². The fraction of sp³-hybridized carbons (Fsp3) is 0.968. The van der Waals surface area contributed by atoms with Crippen LogP contribution in [-0.4, -0.2) is 177 Å². The third-order valence-electron chi connectivity index (χ3n) is 5.18. The highest BCUT2D eigenvalue weighted by Gasteiger charge is 2.15. The second kappa shape index (κ2) is 36.8. The van der Waals surface area contributed by atoms with Crippen LogP contribution in [0.3, 0.4) is 0 Å². The topological polar surface area (TPSA) is 137 Å². The Morgan fingerprint density at radius 1 is 0.370 bits per heavy atom. The number of esters is 1. The zero-order valence-corrected chi connectivity index (χ0v) is 28.5. The van der Waals surface area contributed by atoms with E-state index < -0.39 is 12.3 Å². The lowest BCUT2D eigenvalue weighted by Gasteiger charge is -2.19. The molecule has 15 heteroatoms. The summed E-state index contributed by atoms with van der Waals surface area (Å²) in [5, 5.41) is 0. The Bertz CT molecular complexity index is 612. The average molecular weight is 677 g/mol. The van der Waals surface area contributed by atoms with E-state index in [9.17, 15) is 9.18 Å². The van der Waals surface area contributed by atoms with Crippen molar-refractivity contribution >= 4 is 5.97 Å². The monoisotopic (exact) mass is 676 g/mol. The van der Waals surface area contributed by atoms with Gasteiger partial charge in [-0.15, -0.1) is 0 Å². The van der Waals surface area contributed by atoms with Crippen molar-refractivity contribution in [3.63, 3.8) is 0 Å². The van der Waals surface area contributed by atoms with Crippen molar-refractivity contribution in [2.75, 3.05) is 165 Å². The first-order chi connectivity index (χ1) is 22.5. The minimum absolute atomic E-state index is 0.109. The molecular formula is C31H61FO14. The van der Waals surface area contributed by atoms with Crippen LogP contribution in [0.1, 0.15) is 27.2 Å². The lowest BCUT2D eigenvalue weighted by atomic mass is 10.2. The van der Waals surface area contributed by atoms with E-state index >= 15 is 0 Å². The molecule has 0 saturated heterocycles. The predicted molar refractivity (Wildman–Crippen MR) is 166 cm³/mol. The van der Waals surface area contributed by atoms with Gasteiger partial charge in [0.05, 0.1) is 165 Å². The van der Waals surface area contributed by atoms with Gasteiger partial charge >= 0.3 is 5.97 Å². The highest BCUT2D eigenvalue weighted by Crippen LogP contribution is 2.08. The van der Waals surface area contributed by atoms with Gasteiger partial charge in [0.25, 0.3) is 0 Å². The van der Waals surface area contributed by atoms with Crippen molar-refractivity contribution in [2.24, 2.45) is 0 Å². The molecule has 46 heavy (non-hydrogen) atoms. The molecule has 0 saturated carbocycles. The summed E-state index contributed by atoms with van der Waals surface area (Å²) >= 11 is 0. The van der Waals surface area contributed by atoms with Gasteiger partial charge in [-0.25, -0.2) is 4.39 Å². The van der Waals surface area contributed by atoms with Crippen LogP contribution in [0.4, 0.5) is 4.39 Å². The number of hydrogen-bond donors (Lipinski definition) is 0. The maximum absolute atomic E-state index is 11.8. The summed E-state index contributed by atoms with van der Waals surface area (Å²) in [6.45, 7) is 15.8. The molecular weight excluding hydrogens is 615 g/mol. The molecule has 0 aromatic heterocycles. The van der Waals surface area contributed by atoms with Crippen LogP contribution in [0.5, 0.6) is 0 Å². The number of ether oxygens (including phenoxy) is 13. The molecule has 0 aromatic carbocycles. The maximum atomic E-state index is 11.8. The molecule has 0 aliphatic carbocycles. The van der Waals surface area contributed by atoms with Gasteiger partial charge in [0, 0.05) is 0 Å². The lowest BCUT2D eigenvalue weighted by Crippen LogP contribution is -2.24. The summed E-state index contributed by atoms with van der Waals surface area (Å²) in [7, 11) is 0. The number of halogens is 1. The van der Waals surface area contributed by atoms with Gasteiger partial charge in [-0.2, -0.15) is 0 Å². The Labute approximate surface area is 274 Å². The number of carbonyl (C=O) groups excluding carboxylic acids is 1. The zero-order valence-electron chi connectivity index (χ0n) is 28.5. The summed E-state index contributed by atoms with van der Waals surface area (Å²) in [6, 6.07) is 0. The molecule has 0 spiro atoms. The molecule has 0 atom stereocenters. The quantitative estimate of drug-likeness (QED) is 0.0695. The smallest absolute Gasteiger partial charge is 0.308 e. The van der Waals surface area contributed by atoms with Gasteiger partial charge in [0.2, 0.25) is 0 Å². The van der Waals surface area contributed by atoms with Crippen LogP contribution in [0.15, 0.2) is 0 Å². The zero-order chi connectivity index (χ0) is 33.7. The SMILES string of the molecule is CC(C)(C)OC(=O)CCOCCOCCOCCOCCOCCOCCOCCOCCOCCOCCOCCOCCF. The number of rotatable bonds is 38. The predicted octanol–water partition coefficient (Wildman–Crippen LogP) is 1.89. The standard InChI is InChI=1S/C31H61FO14/c1-31(2,3)46-30(33)4-6-34-8-10-36-12-14-38-16-18-40-20-22-42-24-26-44-28-29-45-27-25-43-23-21-41-19-17-39-15-13-37-11-9-35-7-5-32/h4-29H2,1-3H3. The first-order valence-electron chi connectivity index (χ1n) is 16.2. The van der Waals surface area contributed by atoms with E-state index in [2.05, 4.69) is 0 Å². The molecule has 0 N–H and O–H groups in total. The van der Waals surface area contributed by atoms with E-state index in [1.54, 1.807) is 0 Å². The third kappa shape index (κ3) is 40.9. The highest BCUT2D eigenvalue weighted by atomic mass is 19.1. The van der Waals surface area contributed by atoms with Crippen LogP contribution >= 0.6 is 0 Å². The molecule has 276 valence electrons. The molecule has 0 aromatic rings. The largest absolute Gasteiger partial charge is 0.460 e. The van der Waals surface area contributed by atoms with Gasteiger partial charge in [-0.3, -0.25) is 4.79 Å². The van der Waals surface area contributed by atoms with E-state index in [0.717, 1.165) is 0 Å². The molecule has 14 nitrogen and oxygen atoms in total. The summed E-state index contributed by atoms with van der Waals surface area (Å²) in [5.74, 6) is -0.268. The Hall–Kier alpha value is -1.08. The minimum Gasteiger partial charge on any atom is -0.460 e. The third-order valence-corrected chi connectivity index (χ3v) is 5.18. The fourth-order valence-corrected chi connectivity index (χ4v) is 3.12. The van der Waals surface area contributed by atoms with Crippen molar-refractivity contribution in [3.05, 3.63) is 0 Å². The molecule has 0 radical (unpaired) electrons. The number of carbonyl (C=O) groups is 1. The van der Waals surface area contributed by atoms with E-state index in [1.165, 1.54) is 0 Å². The van der Waals surface area contributed by atoms with Gasteiger partial charge in [0.15, 0.2) is 0 Å². The fourth-order valence-electron chi connectivity index (χ4n) is 3.12. The Balaban J connectivity index is 3.09. The Morgan fingerprint density at radius 3 is 0.761 bits per heavy atom. The van der Waals surface area contributed by atoms with E-state index in [-0.39, 0.29) is 19.0 Å². The second-order valence-corrected chi connectivity index (χ2v) is 10.4. The molecule has 0 aliphatic heterocycles. The van der Waals surface area contributed by atoms with Crippen LogP contribution in [0, 0.1) is 0 Å². The maximum Gasteiger partial charge on any atom is 0.308 e. The summed E-state index contributed by atoms with van der Waals surface area (Å²) < 4.78 is 81.6. The number of hydrogen-bond acceptors (Lipinski definition) is 14. The minimum atomic E-state index is -0.478. The molecule has 0 bridgehead atoms. The Morgan fingerprint density at radius 2 is 0.565 bits per heavy atom. The summed E-state index contributed by atoms with van der Waals surface area (Å²) in [6.07, 6.45) is 0.229. The van der Waals surface area contributed by atoms with Crippen molar-refractivity contribution in [2.45, 2.75) is 32.8 Å². The second-order valence-electron chi connectivity index (χ2n) is 10.4. The lowest BCUT2D eigenvalue weighted by molar-refractivity contribution is -0.156. The molecule has 0 amide bonds. The average Bonchev–Trinajstić information content (AvgIpc) is 3.01. The molecule has 0 unspecified atom stereocenters. The van der Waals surface area contributed by atoms with E-state index in [1.807, 2.05) is 20.8 Å². The Kier molecular flexibility index (Phi) is 35.9. The van der Waals surface area contributed by atoms with E-state index in [0.29, 0.717) is 152 Å². The van der Waals surface area contributed by atoms with Crippen LogP contribution in [0.2, 0.25) is 0 Å². The van der Waals surface area contributed by atoms with Crippen LogP contribution < -0.4 is 0 Å². The molecule has 0 heterocycles. The number of alkyl halides is 1. The van der Waals surface area contributed by atoms with Gasteiger partial charge < -0.3 is 61.6 Å². The van der Waals surface area contributed by atoms with Crippen LogP contribution in [-0.2, 0) is 66.4 Å². The first-order valence-corrected chi connectivity index (χ1v) is 16.2. The molecule has 0 fully saturated rings. The molecule has 0 rings (SSSR count).